The first-order valence-corrected chi connectivity index (χ1v) is 6.77. The summed E-state index contributed by atoms with van der Waals surface area (Å²) in [6.07, 6.45) is 0. The van der Waals surface area contributed by atoms with E-state index in [0.29, 0.717) is 22.4 Å². The number of anilines is 1. The number of rotatable bonds is 2. The number of nitrogens with two attached hydrogens (primary N) is 1. The lowest BCUT2D eigenvalue weighted by Crippen LogP contribution is -2.02. The molecule has 0 amide bonds. The summed E-state index contributed by atoms with van der Waals surface area (Å²) in [6, 6.07) is 15.2. The van der Waals surface area contributed by atoms with Crippen LogP contribution in [-0.4, -0.2) is 13.1 Å². The minimum atomic E-state index is -0.499. The van der Waals surface area contributed by atoms with Gasteiger partial charge in [0.05, 0.1) is 12.7 Å². The van der Waals surface area contributed by atoms with Gasteiger partial charge in [-0.2, -0.15) is 0 Å². The van der Waals surface area contributed by atoms with Gasteiger partial charge in [-0.3, -0.25) is 0 Å². The second kappa shape index (κ2) is 5.48. The van der Waals surface area contributed by atoms with Crippen LogP contribution in [0.4, 0.5) is 10.1 Å². The van der Waals surface area contributed by atoms with Crippen molar-refractivity contribution < 1.29 is 13.9 Å². The molecular formula is C18H14FNO2. The molecule has 0 radical (unpaired) electrons. The number of fused-ring (bicyclic) bond motifs is 1. The van der Waals surface area contributed by atoms with Crippen LogP contribution in [0.25, 0.3) is 21.9 Å². The first-order valence-electron chi connectivity index (χ1n) is 6.77. The maximum Gasteiger partial charge on any atom is 0.337 e. The summed E-state index contributed by atoms with van der Waals surface area (Å²) in [5.74, 6) is -0.899. The minimum absolute atomic E-state index is 0.305. The molecule has 22 heavy (non-hydrogen) atoms. The third-order valence-corrected chi connectivity index (χ3v) is 3.64. The Morgan fingerprint density at radius 2 is 1.73 bits per heavy atom. The van der Waals surface area contributed by atoms with Crippen molar-refractivity contribution in [3.05, 3.63) is 66.0 Å². The molecule has 0 atom stereocenters. The smallest absolute Gasteiger partial charge is 0.337 e. The van der Waals surface area contributed by atoms with Crippen LogP contribution in [0.3, 0.4) is 0 Å². The number of carbonyl (C=O) groups is 1. The lowest BCUT2D eigenvalue weighted by Gasteiger charge is -2.11. The molecule has 3 aromatic carbocycles. The van der Waals surface area contributed by atoms with Gasteiger partial charge < -0.3 is 10.5 Å². The molecular weight excluding hydrogens is 281 g/mol. The van der Waals surface area contributed by atoms with Crippen LogP contribution < -0.4 is 5.73 Å². The predicted molar refractivity (Wildman–Crippen MR) is 85.1 cm³/mol. The van der Waals surface area contributed by atoms with Crippen molar-refractivity contribution in [2.75, 3.05) is 12.8 Å². The Hall–Kier alpha value is -2.88. The fourth-order valence-electron chi connectivity index (χ4n) is 2.53. The van der Waals surface area contributed by atoms with Gasteiger partial charge in [-0.1, -0.05) is 30.3 Å². The zero-order chi connectivity index (χ0) is 15.7. The normalized spacial score (nSPS) is 10.6. The minimum Gasteiger partial charge on any atom is -0.465 e. The number of methoxy groups -OCH3 is 1. The lowest BCUT2D eigenvalue weighted by molar-refractivity contribution is 0.0600. The molecule has 2 N–H and O–H groups in total. The molecule has 0 aliphatic heterocycles. The maximum absolute atomic E-state index is 14.3. The number of nitrogen functional groups attached to an aromatic ring is 1. The van der Waals surface area contributed by atoms with Gasteiger partial charge in [0.15, 0.2) is 0 Å². The first kappa shape index (κ1) is 14.1. The number of halogens is 1. The zero-order valence-electron chi connectivity index (χ0n) is 12.0. The highest BCUT2D eigenvalue weighted by atomic mass is 19.1. The second-order valence-corrected chi connectivity index (χ2v) is 4.93. The second-order valence-electron chi connectivity index (χ2n) is 4.93. The van der Waals surface area contributed by atoms with Crippen LogP contribution in [-0.2, 0) is 4.74 Å². The van der Waals surface area contributed by atoms with Crippen LogP contribution in [0.15, 0.2) is 54.6 Å². The molecule has 3 rings (SSSR count). The van der Waals surface area contributed by atoms with Gasteiger partial charge in [-0.15, -0.1) is 0 Å². The molecule has 3 aromatic rings. The number of benzene rings is 3. The summed E-state index contributed by atoms with van der Waals surface area (Å²) >= 11 is 0. The lowest BCUT2D eigenvalue weighted by atomic mass is 9.95. The number of ether oxygens (including phenoxy) is 1. The Balaban J connectivity index is 2.28. The number of hydrogen-bond acceptors (Lipinski definition) is 3. The Labute approximate surface area is 127 Å². The number of hydrogen-bond donors (Lipinski definition) is 1. The van der Waals surface area contributed by atoms with E-state index in [1.165, 1.54) is 25.3 Å². The van der Waals surface area contributed by atoms with Gasteiger partial charge in [0.25, 0.3) is 0 Å². The highest BCUT2D eigenvalue weighted by Gasteiger charge is 2.14. The molecule has 0 saturated carbocycles. The Morgan fingerprint density at radius 1 is 1.00 bits per heavy atom. The molecule has 0 aromatic heterocycles. The molecule has 0 saturated heterocycles. The summed E-state index contributed by atoms with van der Waals surface area (Å²) < 4.78 is 19.0. The monoisotopic (exact) mass is 295 g/mol. The van der Waals surface area contributed by atoms with E-state index in [0.717, 1.165) is 10.8 Å². The average Bonchev–Trinajstić information content (AvgIpc) is 2.56. The standard InChI is InChI=1S/C18H14FNO2/c1-22-18(21)11-6-8-16(19)15(10-11)13-7-9-17(20)14-5-3-2-4-12(13)14/h2-10H,20H2,1H3. The predicted octanol–water partition coefficient (Wildman–Crippen LogP) is 4.01. The molecule has 0 aliphatic rings. The van der Waals surface area contributed by atoms with E-state index in [9.17, 15) is 9.18 Å². The van der Waals surface area contributed by atoms with E-state index < -0.39 is 11.8 Å². The summed E-state index contributed by atoms with van der Waals surface area (Å²) in [7, 11) is 1.30. The van der Waals surface area contributed by atoms with E-state index in [1.54, 1.807) is 12.1 Å². The van der Waals surface area contributed by atoms with E-state index in [2.05, 4.69) is 0 Å². The zero-order valence-corrected chi connectivity index (χ0v) is 12.0. The van der Waals surface area contributed by atoms with E-state index >= 15 is 0 Å². The van der Waals surface area contributed by atoms with Crippen molar-refractivity contribution in [2.45, 2.75) is 0 Å². The summed E-state index contributed by atoms with van der Waals surface area (Å²) in [6.45, 7) is 0. The van der Waals surface area contributed by atoms with Crippen molar-refractivity contribution in [2.24, 2.45) is 0 Å². The number of carbonyl (C=O) groups excluding carboxylic acids is 1. The van der Waals surface area contributed by atoms with E-state index in [4.69, 9.17) is 10.5 Å². The first-order chi connectivity index (χ1) is 10.6. The molecule has 0 unspecified atom stereocenters. The maximum atomic E-state index is 14.3. The number of esters is 1. The topological polar surface area (TPSA) is 52.3 Å². The summed E-state index contributed by atoms with van der Waals surface area (Å²) in [5.41, 5.74) is 7.94. The van der Waals surface area contributed by atoms with Crippen LogP contribution in [0.1, 0.15) is 10.4 Å². The molecule has 0 fully saturated rings. The molecule has 0 bridgehead atoms. The average molecular weight is 295 g/mol. The van der Waals surface area contributed by atoms with E-state index in [-0.39, 0.29) is 0 Å². The Morgan fingerprint density at radius 3 is 2.45 bits per heavy atom. The van der Waals surface area contributed by atoms with Crippen molar-refractivity contribution >= 4 is 22.4 Å². The molecule has 0 aliphatic carbocycles. The van der Waals surface area contributed by atoms with Gasteiger partial charge in [0.2, 0.25) is 0 Å². The summed E-state index contributed by atoms with van der Waals surface area (Å²) in [4.78, 5) is 11.7. The van der Waals surface area contributed by atoms with Crippen LogP contribution in [0.5, 0.6) is 0 Å². The van der Waals surface area contributed by atoms with Gasteiger partial charge in [0.1, 0.15) is 5.82 Å². The largest absolute Gasteiger partial charge is 0.465 e. The van der Waals surface area contributed by atoms with Gasteiger partial charge in [0, 0.05) is 16.6 Å². The van der Waals surface area contributed by atoms with Crippen LogP contribution >= 0.6 is 0 Å². The van der Waals surface area contributed by atoms with Crippen molar-refractivity contribution in [1.29, 1.82) is 0 Å². The molecule has 110 valence electrons. The fraction of sp³-hybridized carbons (Fsp3) is 0.0556. The van der Waals surface area contributed by atoms with Crippen molar-refractivity contribution in [3.8, 4) is 11.1 Å². The van der Waals surface area contributed by atoms with Gasteiger partial charge in [-0.05, 0) is 35.2 Å². The Bertz CT molecular complexity index is 874. The quantitative estimate of drug-likeness (QED) is 0.574. The van der Waals surface area contributed by atoms with Crippen molar-refractivity contribution in [3.63, 3.8) is 0 Å². The van der Waals surface area contributed by atoms with Crippen molar-refractivity contribution in [1.82, 2.24) is 0 Å². The molecule has 0 heterocycles. The molecule has 4 heteroatoms. The third kappa shape index (κ3) is 2.29. The fourth-order valence-corrected chi connectivity index (χ4v) is 2.53. The van der Waals surface area contributed by atoms with Gasteiger partial charge in [-0.25, -0.2) is 9.18 Å². The third-order valence-electron chi connectivity index (χ3n) is 3.64. The van der Waals surface area contributed by atoms with Crippen LogP contribution in [0, 0.1) is 5.82 Å². The molecule has 3 nitrogen and oxygen atoms in total. The highest BCUT2D eigenvalue weighted by Crippen LogP contribution is 2.33. The summed E-state index contributed by atoms with van der Waals surface area (Å²) in [5, 5.41) is 1.69. The van der Waals surface area contributed by atoms with Gasteiger partial charge >= 0.3 is 5.97 Å². The Kier molecular flexibility index (Phi) is 3.51. The highest BCUT2D eigenvalue weighted by molar-refractivity contribution is 6.03. The molecule has 0 spiro atoms. The van der Waals surface area contributed by atoms with Crippen LogP contribution in [0.2, 0.25) is 0 Å². The van der Waals surface area contributed by atoms with E-state index in [1.807, 2.05) is 24.3 Å². The SMILES string of the molecule is COC(=O)c1ccc(F)c(-c2ccc(N)c3ccccc23)c1.